The van der Waals surface area contributed by atoms with Gasteiger partial charge < -0.3 is 10.1 Å². The SMILES string of the molecule is COc1ccccc1C(Nc1nc(C2CC2)ns1)C(C)(C)C. The van der Waals surface area contributed by atoms with Crippen molar-refractivity contribution in [2.24, 2.45) is 5.41 Å². The van der Waals surface area contributed by atoms with Gasteiger partial charge in [0.1, 0.15) is 11.6 Å². The zero-order chi connectivity index (χ0) is 15.7. The Bertz CT molecular complexity index is 643. The van der Waals surface area contributed by atoms with Crippen LogP contribution in [0.25, 0.3) is 0 Å². The molecule has 1 saturated carbocycles. The molecule has 1 unspecified atom stereocenters. The number of anilines is 1. The second-order valence-corrected chi connectivity index (χ2v) is 7.67. The first-order valence-corrected chi connectivity index (χ1v) is 8.49. The molecule has 5 heteroatoms. The van der Waals surface area contributed by atoms with E-state index in [2.05, 4.69) is 41.5 Å². The lowest BCUT2D eigenvalue weighted by Crippen LogP contribution is -2.26. The van der Waals surface area contributed by atoms with Crippen molar-refractivity contribution in [1.29, 1.82) is 0 Å². The maximum atomic E-state index is 5.54. The number of nitrogens with zero attached hydrogens (tertiary/aromatic N) is 2. The lowest BCUT2D eigenvalue weighted by Gasteiger charge is -2.32. The highest BCUT2D eigenvalue weighted by Gasteiger charge is 2.31. The number of hydrogen-bond acceptors (Lipinski definition) is 5. The molecular weight excluding hydrogens is 294 g/mol. The van der Waals surface area contributed by atoms with Crippen molar-refractivity contribution in [3.63, 3.8) is 0 Å². The Morgan fingerprint density at radius 2 is 2.00 bits per heavy atom. The van der Waals surface area contributed by atoms with Gasteiger partial charge in [0.15, 0.2) is 0 Å². The molecule has 1 heterocycles. The highest BCUT2D eigenvalue weighted by Crippen LogP contribution is 2.42. The molecule has 1 aromatic heterocycles. The maximum absolute atomic E-state index is 5.54. The minimum Gasteiger partial charge on any atom is -0.496 e. The van der Waals surface area contributed by atoms with Crippen LogP contribution in [-0.2, 0) is 0 Å². The van der Waals surface area contributed by atoms with E-state index in [4.69, 9.17) is 4.74 Å². The fourth-order valence-corrected chi connectivity index (χ4v) is 3.26. The fraction of sp³-hybridized carbons (Fsp3) is 0.529. The third-order valence-corrected chi connectivity index (χ3v) is 4.63. The van der Waals surface area contributed by atoms with Gasteiger partial charge in [0.2, 0.25) is 5.13 Å². The summed E-state index contributed by atoms with van der Waals surface area (Å²) in [4.78, 5) is 4.66. The van der Waals surface area contributed by atoms with E-state index < -0.39 is 0 Å². The molecule has 2 aromatic rings. The number of para-hydroxylation sites is 1. The van der Waals surface area contributed by atoms with Gasteiger partial charge in [0.05, 0.1) is 13.2 Å². The Balaban J connectivity index is 1.89. The number of methoxy groups -OCH3 is 1. The van der Waals surface area contributed by atoms with Crippen molar-refractivity contribution in [1.82, 2.24) is 9.36 Å². The van der Waals surface area contributed by atoms with Gasteiger partial charge in [0.25, 0.3) is 0 Å². The van der Waals surface area contributed by atoms with Gasteiger partial charge in [0, 0.05) is 23.0 Å². The predicted octanol–water partition coefficient (Wildman–Crippen LogP) is 4.62. The molecule has 1 aliphatic rings. The van der Waals surface area contributed by atoms with Crippen LogP contribution in [0, 0.1) is 5.41 Å². The molecule has 4 nitrogen and oxygen atoms in total. The Kier molecular flexibility index (Phi) is 4.08. The average Bonchev–Trinajstić information content (AvgIpc) is 3.23. The quantitative estimate of drug-likeness (QED) is 0.874. The van der Waals surface area contributed by atoms with Crippen LogP contribution in [0.5, 0.6) is 5.75 Å². The first-order valence-electron chi connectivity index (χ1n) is 7.72. The fourth-order valence-electron chi connectivity index (χ4n) is 2.59. The zero-order valence-electron chi connectivity index (χ0n) is 13.6. The van der Waals surface area contributed by atoms with Gasteiger partial charge in [-0.05, 0) is 24.3 Å². The summed E-state index contributed by atoms with van der Waals surface area (Å²) in [6.45, 7) is 6.67. The smallest absolute Gasteiger partial charge is 0.203 e. The van der Waals surface area contributed by atoms with Crippen LogP contribution in [0.1, 0.15) is 57.0 Å². The van der Waals surface area contributed by atoms with Gasteiger partial charge in [-0.2, -0.15) is 4.37 Å². The summed E-state index contributed by atoms with van der Waals surface area (Å²) in [5.41, 5.74) is 1.18. The number of benzene rings is 1. The lowest BCUT2D eigenvalue weighted by molar-refractivity contribution is 0.332. The van der Waals surface area contributed by atoms with E-state index in [0.717, 1.165) is 22.3 Å². The number of nitrogens with one attached hydrogen (secondary N) is 1. The van der Waals surface area contributed by atoms with Gasteiger partial charge >= 0.3 is 0 Å². The van der Waals surface area contributed by atoms with Crippen LogP contribution < -0.4 is 10.1 Å². The van der Waals surface area contributed by atoms with Crippen molar-refractivity contribution in [2.45, 2.75) is 45.6 Å². The zero-order valence-corrected chi connectivity index (χ0v) is 14.4. The normalized spacial score (nSPS) is 16.4. The van der Waals surface area contributed by atoms with Gasteiger partial charge in [-0.1, -0.05) is 39.0 Å². The van der Waals surface area contributed by atoms with E-state index in [-0.39, 0.29) is 11.5 Å². The molecule has 0 radical (unpaired) electrons. The molecule has 1 N–H and O–H groups in total. The van der Waals surface area contributed by atoms with Crippen molar-refractivity contribution in [3.8, 4) is 5.75 Å². The third kappa shape index (κ3) is 3.24. The van der Waals surface area contributed by atoms with E-state index in [1.165, 1.54) is 24.4 Å². The van der Waals surface area contributed by atoms with Crippen molar-refractivity contribution < 1.29 is 4.74 Å². The molecule has 0 bridgehead atoms. The summed E-state index contributed by atoms with van der Waals surface area (Å²) in [5, 5.41) is 4.47. The molecule has 22 heavy (non-hydrogen) atoms. The molecule has 0 saturated heterocycles. The molecule has 1 aromatic carbocycles. The molecule has 0 amide bonds. The van der Waals surface area contributed by atoms with Crippen LogP contribution in [0.4, 0.5) is 5.13 Å². The van der Waals surface area contributed by atoms with E-state index in [0.29, 0.717) is 5.92 Å². The van der Waals surface area contributed by atoms with Crippen molar-refractivity contribution in [2.75, 3.05) is 12.4 Å². The van der Waals surface area contributed by atoms with Crippen molar-refractivity contribution in [3.05, 3.63) is 35.7 Å². The number of ether oxygens (including phenoxy) is 1. The van der Waals surface area contributed by atoms with Crippen LogP contribution in [0.15, 0.2) is 24.3 Å². The summed E-state index contributed by atoms with van der Waals surface area (Å²) in [5.74, 6) is 2.49. The van der Waals surface area contributed by atoms with Gasteiger partial charge in [-0.15, -0.1) is 0 Å². The molecule has 1 atom stereocenters. The molecule has 0 aliphatic heterocycles. The highest BCUT2D eigenvalue weighted by atomic mass is 32.1. The first kappa shape index (κ1) is 15.3. The van der Waals surface area contributed by atoms with Gasteiger partial charge in [-0.3, -0.25) is 0 Å². The van der Waals surface area contributed by atoms with E-state index in [1.807, 2.05) is 18.2 Å². The Morgan fingerprint density at radius 1 is 1.27 bits per heavy atom. The Morgan fingerprint density at radius 3 is 2.64 bits per heavy atom. The van der Waals surface area contributed by atoms with E-state index >= 15 is 0 Å². The largest absolute Gasteiger partial charge is 0.496 e. The summed E-state index contributed by atoms with van der Waals surface area (Å²) in [6.07, 6.45) is 2.46. The van der Waals surface area contributed by atoms with E-state index in [9.17, 15) is 0 Å². The number of hydrogen-bond donors (Lipinski definition) is 1. The van der Waals surface area contributed by atoms with Crippen molar-refractivity contribution >= 4 is 16.7 Å². The predicted molar refractivity (Wildman–Crippen MR) is 90.7 cm³/mol. The minimum absolute atomic E-state index is 0.0278. The Labute approximate surface area is 136 Å². The summed E-state index contributed by atoms with van der Waals surface area (Å²) in [7, 11) is 1.72. The lowest BCUT2D eigenvalue weighted by atomic mass is 9.82. The second kappa shape index (κ2) is 5.88. The molecule has 118 valence electrons. The Hall–Kier alpha value is -1.62. The summed E-state index contributed by atoms with van der Waals surface area (Å²) >= 11 is 1.46. The molecule has 3 rings (SSSR count). The third-order valence-electron chi connectivity index (χ3n) is 3.97. The topological polar surface area (TPSA) is 47.0 Å². The summed E-state index contributed by atoms with van der Waals surface area (Å²) in [6, 6.07) is 8.28. The van der Waals surface area contributed by atoms with Gasteiger partial charge in [-0.25, -0.2) is 4.98 Å². The standard InChI is InChI=1S/C17H23N3OS/c1-17(2,3)14(12-7-5-6-8-13(12)21-4)18-16-19-15(20-22-16)11-9-10-11/h5-8,11,14H,9-10H2,1-4H3,(H,18,19,20). The number of rotatable bonds is 5. The number of aromatic nitrogens is 2. The summed E-state index contributed by atoms with van der Waals surface area (Å²) < 4.78 is 10.0. The monoisotopic (exact) mass is 317 g/mol. The minimum atomic E-state index is 0.0278. The van der Waals surface area contributed by atoms with Crippen LogP contribution in [-0.4, -0.2) is 16.5 Å². The maximum Gasteiger partial charge on any atom is 0.203 e. The first-order chi connectivity index (χ1) is 10.5. The van der Waals surface area contributed by atoms with Crippen LogP contribution in [0.2, 0.25) is 0 Å². The molecule has 0 spiro atoms. The average molecular weight is 317 g/mol. The van der Waals surface area contributed by atoms with Crippen LogP contribution >= 0.6 is 11.5 Å². The highest BCUT2D eigenvalue weighted by molar-refractivity contribution is 7.09. The molecular formula is C17H23N3OS. The molecule has 1 aliphatic carbocycles. The van der Waals surface area contributed by atoms with Crippen LogP contribution in [0.3, 0.4) is 0 Å². The molecule has 1 fully saturated rings. The van der Waals surface area contributed by atoms with E-state index in [1.54, 1.807) is 7.11 Å². The second-order valence-electron chi connectivity index (χ2n) is 6.92.